The first-order chi connectivity index (χ1) is 35.0. The van der Waals surface area contributed by atoms with Gasteiger partial charge in [0.25, 0.3) is 0 Å². The maximum Gasteiger partial charge on any atom is 0.167 e. The number of ketones is 1. The molecule has 0 bridgehead atoms. The summed E-state index contributed by atoms with van der Waals surface area (Å²) in [7, 11) is 0. The Morgan fingerprint density at radius 2 is 0.847 bits per heavy atom. The molecule has 10 aromatic carbocycles. The number of aryl methyl sites for hydroxylation is 1. The molecular weight excluding hydrogens is 1060 g/mol. The number of para-hydroxylation sites is 2. The van der Waals surface area contributed by atoms with Gasteiger partial charge in [-0.05, 0) is 115 Å². The van der Waals surface area contributed by atoms with E-state index < -0.39 is 0 Å². The number of Topliss-reactive ketones (excluding diaryl/α,β-unsaturated/α-hetero) is 1. The molecule has 1 N–H and O–H groups in total. The average Bonchev–Trinajstić information content (AvgIpc) is 3.44. The molecule has 72 heavy (non-hydrogen) atoms. The van der Waals surface area contributed by atoms with Gasteiger partial charge < -0.3 is 5.11 Å². The monoisotopic (exact) mass is 1100 g/mol. The average molecular weight is 1100 g/mol. The molecule has 0 saturated heterocycles. The Labute approximate surface area is 432 Å². The number of carbonyl (C=O) groups is 1. The number of fused-ring (bicyclic) bond motifs is 3. The van der Waals surface area contributed by atoms with Crippen molar-refractivity contribution >= 4 is 38.4 Å². The van der Waals surface area contributed by atoms with Crippen LogP contribution in [0.3, 0.4) is 0 Å². The van der Waals surface area contributed by atoms with Crippen LogP contribution in [-0.4, -0.2) is 20.9 Å². The molecule has 0 spiro atoms. The van der Waals surface area contributed by atoms with Crippen LogP contribution >= 0.6 is 0 Å². The van der Waals surface area contributed by atoms with Crippen molar-refractivity contribution in [1.82, 2.24) is 9.97 Å². The Kier molecular flexibility index (Phi) is 12.7. The van der Waals surface area contributed by atoms with Gasteiger partial charge in [0.1, 0.15) is 5.75 Å². The summed E-state index contributed by atoms with van der Waals surface area (Å²) in [5.41, 5.74) is 17.6. The minimum atomic E-state index is -0.0927. The molecular formula is C67H44IrN2O2-2. The number of phenols is 1. The number of phenolic OH excluding ortho intramolecular Hbond substituents is 1. The van der Waals surface area contributed by atoms with Crippen LogP contribution < -0.4 is 0 Å². The minimum Gasteiger partial charge on any atom is -0.507 e. The molecule has 0 saturated carbocycles. The van der Waals surface area contributed by atoms with E-state index in [1.807, 2.05) is 72.8 Å². The summed E-state index contributed by atoms with van der Waals surface area (Å²) in [5, 5.41) is 14.9. The molecule has 0 aliphatic carbocycles. The third-order valence-corrected chi connectivity index (χ3v) is 13.5. The summed E-state index contributed by atoms with van der Waals surface area (Å²) >= 11 is 0. The van der Waals surface area contributed by atoms with Gasteiger partial charge in [-0.1, -0.05) is 186 Å². The molecule has 0 aliphatic rings. The van der Waals surface area contributed by atoms with Crippen molar-refractivity contribution in [3.05, 3.63) is 260 Å². The summed E-state index contributed by atoms with van der Waals surface area (Å²) in [6, 6.07) is 88.0. The van der Waals surface area contributed by atoms with E-state index in [0.29, 0.717) is 12.0 Å². The summed E-state index contributed by atoms with van der Waals surface area (Å²) in [4.78, 5) is 23.9. The van der Waals surface area contributed by atoms with E-state index in [2.05, 4.69) is 170 Å². The van der Waals surface area contributed by atoms with Crippen molar-refractivity contribution in [2.75, 3.05) is 0 Å². The first-order valence-electron chi connectivity index (χ1n) is 23.9. The predicted octanol–water partition coefficient (Wildman–Crippen LogP) is 16.7. The van der Waals surface area contributed by atoms with Crippen molar-refractivity contribution in [3.8, 4) is 83.9 Å². The molecule has 0 fully saturated rings. The van der Waals surface area contributed by atoms with E-state index in [1.165, 1.54) is 0 Å². The molecule has 0 atom stereocenters. The second-order valence-corrected chi connectivity index (χ2v) is 17.9. The van der Waals surface area contributed by atoms with Gasteiger partial charge in [-0.2, -0.15) is 0 Å². The zero-order valence-electron chi connectivity index (χ0n) is 39.0. The number of rotatable bonds is 11. The molecule has 0 amide bonds. The van der Waals surface area contributed by atoms with Gasteiger partial charge in [-0.25, -0.2) is 0 Å². The van der Waals surface area contributed by atoms with Crippen LogP contribution in [0, 0.1) is 12.1 Å². The molecule has 12 rings (SSSR count). The molecule has 0 aliphatic heterocycles. The second-order valence-electron chi connectivity index (χ2n) is 17.9. The van der Waals surface area contributed by atoms with Gasteiger partial charge in [0.15, 0.2) is 5.78 Å². The van der Waals surface area contributed by atoms with E-state index in [9.17, 15) is 9.90 Å². The third-order valence-electron chi connectivity index (χ3n) is 13.5. The molecule has 2 aromatic heterocycles. The molecule has 12 aromatic rings. The maximum atomic E-state index is 14.1. The SMILES string of the molecule is O=C(CCc1ccccc1-c1cc(-c2ccccc2-c2c[c-]c(-c3ccc4ccccc4n3)cc2)cc(-c2ccccc2-c2c[c-]c(-c3ccc4ccccc4n3)cc2)c1)c1c(O)ccc2ccccc12.[Ir]. The summed E-state index contributed by atoms with van der Waals surface area (Å²) in [5.74, 6) is -0.0864. The Morgan fingerprint density at radius 1 is 0.417 bits per heavy atom. The Balaban J connectivity index is 0.00000560. The van der Waals surface area contributed by atoms with Crippen LogP contribution in [0.2, 0.25) is 0 Å². The second kappa shape index (κ2) is 20.0. The maximum absolute atomic E-state index is 14.1. The van der Waals surface area contributed by atoms with E-state index in [1.54, 1.807) is 6.07 Å². The van der Waals surface area contributed by atoms with Gasteiger partial charge in [0.2, 0.25) is 0 Å². The number of benzene rings is 10. The van der Waals surface area contributed by atoms with Crippen LogP contribution in [0.25, 0.3) is 111 Å². The number of aromatic hydroxyl groups is 1. The van der Waals surface area contributed by atoms with Crippen LogP contribution in [0.5, 0.6) is 5.75 Å². The van der Waals surface area contributed by atoms with Crippen LogP contribution in [0.4, 0.5) is 0 Å². The third kappa shape index (κ3) is 9.04. The van der Waals surface area contributed by atoms with Crippen LogP contribution in [0.1, 0.15) is 22.3 Å². The van der Waals surface area contributed by atoms with Gasteiger partial charge in [0.05, 0.1) is 16.6 Å². The minimum absolute atomic E-state index is 0. The van der Waals surface area contributed by atoms with Crippen molar-refractivity contribution < 1.29 is 30.0 Å². The number of hydrogen-bond acceptors (Lipinski definition) is 4. The summed E-state index contributed by atoms with van der Waals surface area (Å²) in [6.07, 6.45) is 0.728. The smallest absolute Gasteiger partial charge is 0.167 e. The quantitative estimate of drug-likeness (QED) is 0.104. The fourth-order valence-electron chi connectivity index (χ4n) is 9.95. The van der Waals surface area contributed by atoms with Crippen molar-refractivity contribution in [3.63, 3.8) is 0 Å². The number of hydrogen-bond donors (Lipinski definition) is 1. The number of aromatic nitrogens is 2. The first-order valence-corrected chi connectivity index (χ1v) is 23.9. The van der Waals surface area contributed by atoms with E-state index >= 15 is 0 Å². The van der Waals surface area contributed by atoms with Crippen molar-refractivity contribution in [2.45, 2.75) is 12.8 Å². The van der Waals surface area contributed by atoms with Crippen molar-refractivity contribution in [1.29, 1.82) is 0 Å². The Hall–Kier alpha value is -8.60. The fourth-order valence-corrected chi connectivity index (χ4v) is 9.95. The number of nitrogens with zero attached hydrogens (tertiary/aromatic N) is 2. The zero-order chi connectivity index (χ0) is 47.7. The standard InChI is InChI=1S/C67H44N2O2.Ir/c70-65(67-60-22-6-2-14-45(60)36-40-66(67)71)39-35-44-13-1-5-17-55(44)52-41-53(58-20-9-7-18-56(58)46-25-29-50(30-26-46)63-37-33-48-15-3-11-23-61(48)68-63)43-54(42-52)59-21-10-8-19-57(59)47-27-31-51(32-28-47)64-38-34-49-16-4-12-24-62(49)69-64;/h1-29,31,33-34,36-38,40-43,71H,35,39H2;/q-2;. The fraction of sp³-hybridized carbons (Fsp3) is 0.0299. The first kappa shape index (κ1) is 45.8. The Morgan fingerprint density at radius 3 is 1.38 bits per heavy atom. The molecule has 0 unspecified atom stereocenters. The topological polar surface area (TPSA) is 63.1 Å². The number of pyridine rings is 2. The molecule has 1 radical (unpaired) electrons. The molecule has 2 heterocycles. The zero-order valence-corrected chi connectivity index (χ0v) is 41.4. The molecule has 345 valence electrons. The predicted molar refractivity (Wildman–Crippen MR) is 291 cm³/mol. The van der Waals surface area contributed by atoms with Gasteiger partial charge in [-0.15, -0.1) is 59.7 Å². The number of carbonyl (C=O) groups excluding carboxylic acids is 1. The van der Waals surface area contributed by atoms with E-state index in [-0.39, 0.29) is 38.1 Å². The normalized spacial score (nSPS) is 11.2. The van der Waals surface area contributed by atoms with E-state index in [4.69, 9.17) is 9.97 Å². The van der Waals surface area contributed by atoms with Gasteiger partial charge >= 0.3 is 0 Å². The van der Waals surface area contributed by atoms with Crippen LogP contribution in [-0.2, 0) is 26.5 Å². The van der Waals surface area contributed by atoms with Crippen molar-refractivity contribution in [2.24, 2.45) is 0 Å². The van der Waals surface area contributed by atoms with Crippen LogP contribution in [0.15, 0.2) is 237 Å². The summed E-state index contributed by atoms with van der Waals surface area (Å²) in [6.45, 7) is 0. The van der Waals surface area contributed by atoms with Gasteiger partial charge in [-0.3, -0.25) is 14.8 Å². The van der Waals surface area contributed by atoms with E-state index in [0.717, 1.165) is 116 Å². The molecule has 5 heteroatoms. The largest absolute Gasteiger partial charge is 0.507 e. The summed E-state index contributed by atoms with van der Waals surface area (Å²) < 4.78 is 0. The Bertz CT molecular complexity index is 3790. The molecule has 4 nitrogen and oxygen atoms in total. The van der Waals surface area contributed by atoms with Gasteiger partial charge in [0, 0.05) is 26.5 Å².